The number of amides is 4. The van der Waals surface area contributed by atoms with Crippen molar-refractivity contribution >= 4 is 23.8 Å². The van der Waals surface area contributed by atoms with E-state index in [-0.39, 0.29) is 31.7 Å². The van der Waals surface area contributed by atoms with Crippen LogP contribution in [-0.2, 0) is 14.4 Å². The lowest BCUT2D eigenvalue weighted by Gasteiger charge is -2.28. The van der Waals surface area contributed by atoms with Gasteiger partial charge in [-0.2, -0.15) is 0 Å². The van der Waals surface area contributed by atoms with E-state index in [1.54, 1.807) is 0 Å². The molecule has 1 fully saturated rings. The summed E-state index contributed by atoms with van der Waals surface area (Å²) in [5, 5.41) is 13.3. The number of hydrogen-bond acceptors (Lipinski definition) is 4. The summed E-state index contributed by atoms with van der Waals surface area (Å²) >= 11 is 0. The highest BCUT2D eigenvalue weighted by atomic mass is 16.4. The molecule has 0 radical (unpaired) electrons. The number of carbonyl (C=O) groups excluding carboxylic acids is 3. The fraction of sp³-hybridized carbons (Fsp3) is 0.636. The number of aliphatic carboxylic acids is 1. The summed E-state index contributed by atoms with van der Waals surface area (Å²) in [7, 11) is 1.38. The Labute approximate surface area is 110 Å². The van der Waals surface area contributed by atoms with Crippen LogP contribution in [0.2, 0.25) is 0 Å². The summed E-state index contributed by atoms with van der Waals surface area (Å²) in [5.41, 5.74) is 0. The molecule has 19 heavy (non-hydrogen) atoms. The maximum Gasteiger partial charge on any atom is 0.315 e. The van der Waals surface area contributed by atoms with Gasteiger partial charge in [0.15, 0.2) is 0 Å². The molecule has 4 amide bonds. The van der Waals surface area contributed by atoms with E-state index in [1.807, 2.05) is 0 Å². The van der Waals surface area contributed by atoms with Gasteiger partial charge in [-0.15, -0.1) is 0 Å². The Kier molecular flexibility index (Phi) is 5.28. The monoisotopic (exact) mass is 271 g/mol. The van der Waals surface area contributed by atoms with Crippen LogP contribution in [0.25, 0.3) is 0 Å². The standard InChI is InChI=1S/C11H17N3O5/c1-14-8(15)5-4-7(10(14)18)13-11(19)12-6-2-3-9(16)17/h7H,2-6H2,1H3,(H,16,17)(H2,12,13,19). The van der Waals surface area contributed by atoms with Gasteiger partial charge in [0.2, 0.25) is 5.91 Å². The first-order valence-corrected chi connectivity index (χ1v) is 5.98. The van der Waals surface area contributed by atoms with Gasteiger partial charge in [-0.05, 0) is 12.8 Å². The molecule has 8 nitrogen and oxygen atoms in total. The van der Waals surface area contributed by atoms with Crippen LogP contribution in [0, 0.1) is 0 Å². The van der Waals surface area contributed by atoms with Crippen LogP contribution >= 0.6 is 0 Å². The lowest BCUT2D eigenvalue weighted by Crippen LogP contribution is -2.54. The van der Waals surface area contributed by atoms with Crippen LogP contribution in [0.4, 0.5) is 4.79 Å². The molecule has 1 unspecified atom stereocenters. The summed E-state index contributed by atoms with van der Waals surface area (Å²) in [4.78, 5) is 45.6. The third-order valence-electron chi connectivity index (χ3n) is 2.81. The topological polar surface area (TPSA) is 116 Å². The predicted octanol–water partition coefficient (Wildman–Crippen LogP) is -0.702. The highest BCUT2D eigenvalue weighted by molar-refractivity contribution is 6.01. The van der Waals surface area contributed by atoms with E-state index in [4.69, 9.17) is 5.11 Å². The number of carbonyl (C=O) groups is 4. The molecular weight excluding hydrogens is 254 g/mol. The normalized spacial score (nSPS) is 19.2. The first-order valence-electron chi connectivity index (χ1n) is 5.98. The maximum atomic E-state index is 11.7. The van der Waals surface area contributed by atoms with Crippen LogP contribution in [0.3, 0.4) is 0 Å². The Morgan fingerprint density at radius 3 is 2.74 bits per heavy atom. The molecule has 0 bridgehead atoms. The highest BCUT2D eigenvalue weighted by Gasteiger charge is 2.32. The Balaban J connectivity index is 2.30. The SMILES string of the molecule is CN1C(=O)CCC(NC(=O)NCCCC(=O)O)C1=O. The lowest BCUT2D eigenvalue weighted by atomic mass is 10.1. The number of hydrogen-bond donors (Lipinski definition) is 3. The average Bonchev–Trinajstić information content (AvgIpc) is 2.35. The summed E-state index contributed by atoms with van der Waals surface area (Å²) in [6.07, 6.45) is 0.788. The van der Waals surface area contributed by atoms with Gasteiger partial charge >= 0.3 is 12.0 Å². The molecule has 0 aromatic heterocycles. The molecule has 0 aromatic carbocycles. The van der Waals surface area contributed by atoms with E-state index < -0.39 is 23.9 Å². The Hall–Kier alpha value is -2.12. The number of imide groups is 1. The second-order valence-electron chi connectivity index (χ2n) is 4.28. The maximum absolute atomic E-state index is 11.7. The number of likely N-dealkylation sites (tertiary alicyclic amines) is 1. The van der Waals surface area contributed by atoms with Gasteiger partial charge in [0.1, 0.15) is 6.04 Å². The lowest BCUT2D eigenvalue weighted by molar-refractivity contribution is -0.147. The molecular formula is C11H17N3O5. The molecule has 1 aliphatic heterocycles. The van der Waals surface area contributed by atoms with Crippen molar-refractivity contribution in [1.82, 2.24) is 15.5 Å². The van der Waals surface area contributed by atoms with E-state index in [2.05, 4.69) is 10.6 Å². The molecule has 1 rings (SSSR count). The second-order valence-corrected chi connectivity index (χ2v) is 4.28. The second kappa shape index (κ2) is 6.72. The third-order valence-corrected chi connectivity index (χ3v) is 2.81. The quantitative estimate of drug-likeness (QED) is 0.451. The van der Waals surface area contributed by atoms with Crippen molar-refractivity contribution in [2.24, 2.45) is 0 Å². The van der Waals surface area contributed by atoms with Gasteiger partial charge in [0.25, 0.3) is 5.91 Å². The van der Waals surface area contributed by atoms with Crippen LogP contribution in [-0.4, -0.2) is 53.5 Å². The van der Waals surface area contributed by atoms with Crippen molar-refractivity contribution in [2.75, 3.05) is 13.6 Å². The Morgan fingerprint density at radius 1 is 1.42 bits per heavy atom. The Morgan fingerprint density at radius 2 is 2.11 bits per heavy atom. The molecule has 106 valence electrons. The number of carboxylic acids is 1. The van der Waals surface area contributed by atoms with Gasteiger partial charge in [0, 0.05) is 26.4 Å². The van der Waals surface area contributed by atoms with Gasteiger partial charge in [0.05, 0.1) is 0 Å². The smallest absolute Gasteiger partial charge is 0.315 e. The zero-order valence-corrected chi connectivity index (χ0v) is 10.6. The summed E-state index contributed by atoms with van der Waals surface area (Å²) in [6.45, 7) is 0.216. The van der Waals surface area contributed by atoms with Crippen LogP contribution in [0.1, 0.15) is 25.7 Å². The molecule has 1 aliphatic rings. The van der Waals surface area contributed by atoms with Crippen molar-refractivity contribution in [1.29, 1.82) is 0 Å². The molecule has 1 heterocycles. The minimum atomic E-state index is -0.926. The zero-order chi connectivity index (χ0) is 14.4. The number of likely N-dealkylation sites (N-methyl/N-ethyl adjacent to an activating group) is 1. The van der Waals surface area contributed by atoms with Crippen molar-refractivity contribution < 1.29 is 24.3 Å². The summed E-state index contributed by atoms with van der Waals surface area (Å²) in [6, 6.07) is -1.24. The number of piperidine rings is 1. The van der Waals surface area contributed by atoms with Gasteiger partial charge in [-0.25, -0.2) is 4.79 Å². The molecule has 0 aliphatic carbocycles. The molecule has 8 heteroatoms. The molecule has 3 N–H and O–H groups in total. The van der Waals surface area contributed by atoms with Gasteiger partial charge in [-0.1, -0.05) is 0 Å². The Bertz CT molecular complexity index is 396. The fourth-order valence-electron chi connectivity index (χ4n) is 1.70. The highest BCUT2D eigenvalue weighted by Crippen LogP contribution is 2.11. The molecule has 0 spiro atoms. The minimum absolute atomic E-state index is 0.0279. The number of carboxylic acid groups (broad SMARTS) is 1. The largest absolute Gasteiger partial charge is 0.481 e. The van der Waals surface area contributed by atoms with Gasteiger partial charge in [-0.3, -0.25) is 19.3 Å². The molecule has 1 saturated heterocycles. The molecule has 1 atom stereocenters. The van der Waals surface area contributed by atoms with E-state index >= 15 is 0 Å². The first kappa shape index (κ1) is 14.9. The number of urea groups is 1. The van der Waals surface area contributed by atoms with Crippen molar-refractivity contribution in [3.05, 3.63) is 0 Å². The van der Waals surface area contributed by atoms with E-state index in [0.717, 1.165) is 4.90 Å². The third kappa shape index (κ3) is 4.57. The van der Waals surface area contributed by atoms with Crippen molar-refractivity contribution in [2.45, 2.75) is 31.7 Å². The number of nitrogens with zero attached hydrogens (tertiary/aromatic N) is 1. The summed E-state index contributed by atoms with van der Waals surface area (Å²) in [5.74, 6) is -1.62. The van der Waals surface area contributed by atoms with E-state index in [1.165, 1.54) is 7.05 Å². The van der Waals surface area contributed by atoms with Crippen LogP contribution in [0.5, 0.6) is 0 Å². The van der Waals surface area contributed by atoms with Crippen LogP contribution in [0.15, 0.2) is 0 Å². The number of nitrogens with one attached hydrogen (secondary N) is 2. The molecule has 0 saturated carbocycles. The van der Waals surface area contributed by atoms with Crippen molar-refractivity contribution in [3.8, 4) is 0 Å². The van der Waals surface area contributed by atoms with Crippen LogP contribution < -0.4 is 10.6 Å². The minimum Gasteiger partial charge on any atom is -0.481 e. The molecule has 0 aromatic rings. The van der Waals surface area contributed by atoms with E-state index in [9.17, 15) is 19.2 Å². The fourth-order valence-corrected chi connectivity index (χ4v) is 1.70. The van der Waals surface area contributed by atoms with Gasteiger partial charge < -0.3 is 15.7 Å². The number of rotatable bonds is 5. The van der Waals surface area contributed by atoms with E-state index in [0.29, 0.717) is 6.42 Å². The first-order chi connectivity index (χ1) is 8.91. The summed E-state index contributed by atoms with van der Waals surface area (Å²) < 4.78 is 0. The zero-order valence-electron chi connectivity index (χ0n) is 10.6. The average molecular weight is 271 g/mol. The predicted molar refractivity (Wildman–Crippen MR) is 64.2 cm³/mol. The van der Waals surface area contributed by atoms with Crippen molar-refractivity contribution in [3.63, 3.8) is 0 Å².